The topological polar surface area (TPSA) is 69.6 Å². The zero-order valence-electron chi connectivity index (χ0n) is 10.5. The van der Waals surface area contributed by atoms with Crippen molar-refractivity contribution in [1.82, 2.24) is 4.90 Å². The molecule has 1 aromatic carbocycles. The highest BCUT2D eigenvalue weighted by Crippen LogP contribution is 2.24. The summed E-state index contributed by atoms with van der Waals surface area (Å²) in [5, 5.41) is 10.9. The molecule has 104 valence electrons. The van der Waals surface area contributed by atoms with Gasteiger partial charge in [0.15, 0.2) is 0 Å². The van der Waals surface area contributed by atoms with Gasteiger partial charge in [-0.1, -0.05) is 15.9 Å². The minimum atomic E-state index is -0.995. The lowest BCUT2D eigenvalue weighted by Crippen LogP contribution is -2.33. The van der Waals surface area contributed by atoms with Crippen LogP contribution in [0, 0.1) is 12.7 Å². The summed E-state index contributed by atoms with van der Waals surface area (Å²) in [5.74, 6) is -1.55. The van der Waals surface area contributed by atoms with Crippen LogP contribution in [0.1, 0.15) is 12.0 Å². The number of urea groups is 1. The van der Waals surface area contributed by atoms with E-state index in [1.807, 2.05) is 0 Å². The van der Waals surface area contributed by atoms with E-state index in [9.17, 15) is 14.0 Å². The van der Waals surface area contributed by atoms with Gasteiger partial charge < -0.3 is 15.3 Å². The predicted molar refractivity (Wildman–Crippen MR) is 72.7 cm³/mol. The number of hydrogen-bond acceptors (Lipinski definition) is 2. The fraction of sp³-hybridized carbons (Fsp3) is 0.333. The summed E-state index contributed by atoms with van der Waals surface area (Å²) in [6.07, 6.45) is -0.161. The summed E-state index contributed by atoms with van der Waals surface area (Å²) in [6.45, 7) is 1.83. The van der Waals surface area contributed by atoms with Crippen LogP contribution in [-0.2, 0) is 4.79 Å². The van der Waals surface area contributed by atoms with Crippen LogP contribution in [0.5, 0.6) is 0 Å². The van der Waals surface area contributed by atoms with Crippen molar-refractivity contribution in [2.75, 3.05) is 18.9 Å². The second kappa shape index (κ2) is 6.51. The third-order valence-electron chi connectivity index (χ3n) is 2.50. The maximum absolute atomic E-state index is 13.6. The van der Waals surface area contributed by atoms with Crippen LogP contribution in [-0.4, -0.2) is 35.6 Å². The molecule has 0 bridgehead atoms. The largest absolute Gasteiger partial charge is 0.481 e. The van der Waals surface area contributed by atoms with Gasteiger partial charge >= 0.3 is 12.0 Å². The van der Waals surface area contributed by atoms with Crippen molar-refractivity contribution in [3.05, 3.63) is 28.0 Å². The molecule has 0 heterocycles. The first kappa shape index (κ1) is 15.4. The molecule has 2 amide bonds. The molecule has 0 aromatic heterocycles. The summed E-state index contributed by atoms with van der Waals surface area (Å²) in [5.41, 5.74) is 0.845. The normalized spacial score (nSPS) is 10.1. The molecule has 0 fully saturated rings. The van der Waals surface area contributed by atoms with E-state index in [-0.39, 0.29) is 18.7 Å². The molecule has 5 nitrogen and oxygen atoms in total. The van der Waals surface area contributed by atoms with E-state index in [2.05, 4.69) is 21.2 Å². The van der Waals surface area contributed by atoms with E-state index in [1.54, 1.807) is 6.92 Å². The van der Waals surface area contributed by atoms with Gasteiger partial charge in [-0.05, 0) is 24.6 Å². The quantitative estimate of drug-likeness (QED) is 0.890. The molecule has 7 heteroatoms. The van der Waals surface area contributed by atoms with E-state index in [0.29, 0.717) is 4.47 Å². The first-order valence-electron chi connectivity index (χ1n) is 5.51. The Labute approximate surface area is 118 Å². The lowest BCUT2D eigenvalue weighted by molar-refractivity contribution is -0.137. The van der Waals surface area contributed by atoms with Crippen molar-refractivity contribution in [2.24, 2.45) is 0 Å². The van der Waals surface area contributed by atoms with Crippen LogP contribution in [0.3, 0.4) is 0 Å². The van der Waals surface area contributed by atoms with Gasteiger partial charge in [0.05, 0.1) is 12.1 Å². The van der Waals surface area contributed by atoms with E-state index < -0.39 is 17.8 Å². The maximum Gasteiger partial charge on any atom is 0.321 e. The maximum atomic E-state index is 13.6. The molecule has 0 unspecified atom stereocenters. The Balaban J connectivity index is 2.71. The molecule has 0 radical (unpaired) electrons. The number of halogens is 2. The Morgan fingerprint density at radius 2 is 2.11 bits per heavy atom. The fourth-order valence-corrected chi connectivity index (χ4v) is 1.64. The highest BCUT2D eigenvalue weighted by atomic mass is 79.9. The van der Waals surface area contributed by atoms with Gasteiger partial charge in [-0.25, -0.2) is 9.18 Å². The molecule has 1 aromatic rings. The number of anilines is 1. The standard InChI is InChI=1S/C12H14BrFN2O3/c1-7-5-10(9(14)6-8(7)13)15-12(19)16(2)4-3-11(17)18/h5-6H,3-4H2,1-2H3,(H,15,19)(H,17,18). The van der Waals surface area contributed by atoms with E-state index >= 15 is 0 Å². The van der Waals surface area contributed by atoms with Gasteiger partial charge in [-0.2, -0.15) is 0 Å². The number of amides is 2. The van der Waals surface area contributed by atoms with E-state index in [0.717, 1.165) is 5.56 Å². The van der Waals surface area contributed by atoms with E-state index in [4.69, 9.17) is 5.11 Å². The molecule has 0 saturated heterocycles. The number of carboxylic acid groups (broad SMARTS) is 1. The molecule has 19 heavy (non-hydrogen) atoms. The van der Waals surface area contributed by atoms with Gasteiger partial charge in [-0.3, -0.25) is 4.79 Å². The number of carbonyl (C=O) groups is 2. The number of aryl methyl sites for hydroxylation is 1. The number of nitrogens with one attached hydrogen (secondary N) is 1. The van der Waals surface area contributed by atoms with Gasteiger partial charge in [0, 0.05) is 18.1 Å². The minimum Gasteiger partial charge on any atom is -0.481 e. The van der Waals surface area contributed by atoms with E-state index in [1.165, 1.54) is 24.1 Å². The Kier molecular flexibility index (Phi) is 5.29. The second-order valence-corrected chi connectivity index (χ2v) is 4.93. The molecule has 0 saturated carbocycles. The van der Waals surface area contributed by atoms with Gasteiger partial charge in [0.1, 0.15) is 5.82 Å². The molecular formula is C12H14BrFN2O3. The molecule has 0 spiro atoms. The van der Waals surface area contributed by atoms with Crippen molar-refractivity contribution in [3.8, 4) is 0 Å². The minimum absolute atomic E-state index is 0.0539. The van der Waals surface area contributed by atoms with Crippen molar-refractivity contribution in [3.63, 3.8) is 0 Å². The van der Waals surface area contributed by atoms with Crippen LogP contribution in [0.4, 0.5) is 14.9 Å². The lowest BCUT2D eigenvalue weighted by atomic mass is 10.2. The van der Waals surface area contributed by atoms with Crippen molar-refractivity contribution >= 4 is 33.6 Å². The number of benzene rings is 1. The van der Waals surface area contributed by atoms with Crippen LogP contribution in [0.15, 0.2) is 16.6 Å². The first-order chi connectivity index (χ1) is 8.81. The smallest absolute Gasteiger partial charge is 0.321 e. The molecule has 2 N–H and O–H groups in total. The zero-order valence-corrected chi connectivity index (χ0v) is 12.1. The first-order valence-corrected chi connectivity index (χ1v) is 6.30. The monoisotopic (exact) mass is 332 g/mol. The highest BCUT2D eigenvalue weighted by Gasteiger charge is 2.13. The predicted octanol–water partition coefficient (Wildman–Crippen LogP) is 2.84. The third kappa shape index (κ3) is 4.51. The van der Waals surface area contributed by atoms with Gasteiger partial charge in [0.2, 0.25) is 0 Å². The number of carbonyl (C=O) groups excluding carboxylic acids is 1. The number of nitrogens with zero attached hydrogens (tertiary/aromatic N) is 1. The summed E-state index contributed by atoms with van der Waals surface area (Å²) in [4.78, 5) is 23.3. The van der Waals surface area contributed by atoms with Crippen molar-refractivity contribution < 1.29 is 19.1 Å². The second-order valence-electron chi connectivity index (χ2n) is 4.08. The fourth-order valence-electron chi connectivity index (χ4n) is 1.33. The molecular weight excluding hydrogens is 319 g/mol. The van der Waals surface area contributed by atoms with Crippen LogP contribution in [0.25, 0.3) is 0 Å². The summed E-state index contributed by atoms with van der Waals surface area (Å²) < 4.78 is 14.2. The lowest BCUT2D eigenvalue weighted by Gasteiger charge is -2.17. The van der Waals surface area contributed by atoms with Gasteiger partial charge in [0.25, 0.3) is 0 Å². The average molecular weight is 333 g/mol. The van der Waals surface area contributed by atoms with Crippen LogP contribution < -0.4 is 5.32 Å². The number of carboxylic acids is 1. The third-order valence-corrected chi connectivity index (χ3v) is 3.35. The van der Waals surface area contributed by atoms with Gasteiger partial charge in [-0.15, -0.1) is 0 Å². The number of hydrogen-bond donors (Lipinski definition) is 2. The molecule has 1 rings (SSSR count). The van der Waals surface area contributed by atoms with Crippen molar-refractivity contribution in [1.29, 1.82) is 0 Å². The Bertz CT molecular complexity index is 508. The SMILES string of the molecule is Cc1cc(NC(=O)N(C)CCC(=O)O)c(F)cc1Br. The Morgan fingerprint density at radius 1 is 1.47 bits per heavy atom. The number of aliphatic carboxylic acids is 1. The Hall–Kier alpha value is -1.63. The summed E-state index contributed by atoms with van der Waals surface area (Å²) in [6, 6.07) is 2.21. The zero-order chi connectivity index (χ0) is 14.6. The number of rotatable bonds is 4. The average Bonchev–Trinajstić information content (AvgIpc) is 2.32. The van der Waals surface area contributed by atoms with Crippen LogP contribution >= 0.6 is 15.9 Å². The summed E-state index contributed by atoms with van der Waals surface area (Å²) in [7, 11) is 1.45. The Morgan fingerprint density at radius 3 is 2.68 bits per heavy atom. The molecule has 0 aliphatic heterocycles. The molecule has 0 aliphatic carbocycles. The molecule has 0 atom stereocenters. The molecule has 0 aliphatic rings. The van der Waals surface area contributed by atoms with Crippen LogP contribution in [0.2, 0.25) is 0 Å². The highest BCUT2D eigenvalue weighted by molar-refractivity contribution is 9.10. The summed E-state index contributed by atoms with van der Waals surface area (Å²) >= 11 is 3.19. The van der Waals surface area contributed by atoms with Crippen molar-refractivity contribution in [2.45, 2.75) is 13.3 Å².